The van der Waals surface area contributed by atoms with Gasteiger partial charge in [0.15, 0.2) is 0 Å². The van der Waals surface area contributed by atoms with Crippen LogP contribution >= 0.6 is 0 Å². The fourth-order valence-electron chi connectivity index (χ4n) is 1.06. The molecule has 0 aromatic heterocycles. The Kier molecular flexibility index (Phi) is 9.28. The quantitative estimate of drug-likeness (QED) is 0.270. The third kappa shape index (κ3) is 9.04. The molecule has 14 heavy (non-hydrogen) atoms. The molecule has 0 saturated carbocycles. The lowest BCUT2D eigenvalue weighted by Gasteiger charge is -1.95. The van der Waals surface area contributed by atoms with E-state index in [2.05, 4.69) is 12.2 Å². The van der Waals surface area contributed by atoms with Crippen LogP contribution in [0.15, 0.2) is 24.3 Å². The molecule has 0 aromatic rings. The van der Waals surface area contributed by atoms with Crippen molar-refractivity contribution in [1.29, 1.82) is 0 Å². The molecule has 0 amide bonds. The summed E-state index contributed by atoms with van der Waals surface area (Å²) in [7, 11) is 0. The van der Waals surface area contributed by atoms with Gasteiger partial charge in [-0.3, -0.25) is 0 Å². The van der Waals surface area contributed by atoms with Gasteiger partial charge in [-0.2, -0.15) is 0 Å². The Labute approximate surface area is 86.6 Å². The van der Waals surface area contributed by atoms with Crippen LogP contribution in [0.1, 0.15) is 39.5 Å². The van der Waals surface area contributed by atoms with Crippen molar-refractivity contribution < 1.29 is 9.53 Å². The first kappa shape index (κ1) is 12.9. The van der Waals surface area contributed by atoms with Crippen LogP contribution in [-0.4, -0.2) is 12.6 Å². The van der Waals surface area contributed by atoms with Crippen molar-refractivity contribution in [3.05, 3.63) is 24.3 Å². The minimum atomic E-state index is -0.235. The van der Waals surface area contributed by atoms with E-state index in [1.807, 2.05) is 19.9 Å². The molecule has 0 aliphatic carbocycles. The van der Waals surface area contributed by atoms with Crippen molar-refractivity contribution >= 4 is 5.97 Å². The summed E-state index contributed by atoms with van der Waals surface area (Å²) in [5.41, 5.74) is 0. The number of hydrogen-bond acceptors (Lipinski definition) is 2. The summed E-state index contributed by atoms with van der Waals surface area (Å²) in [5.74, 6) is -0.235. The third-order valence-corrected chi connectivity index (χ3v) is 1.77. The first-order chi connectivity index (χ1) is 6.81. The fraction of sp³-hybridized carbons (Fsp3) is 0.583. The van der Waals surface area contributed by atoms with E-state index in [-0.39, 0.29) is 5.97 Å². The lowest BCUT2D eigenvalue weighted by atomic mass is 10.2. The van der Waals surface area contributed by atoms with Crippen LogP contribution in [0.2, 0.25) is 0 Å². The van der Waals surface area contributed by atoms with Crippen molar-refractivity contribution in [2.24, 2.45) is 0 Å². The van der Waals surface area contributed by atoms with Crippen molar-refractivity contribution in [3.8, 4) is 0 Å². The van der Waals surface area contributed by atoms with Gasteiger partial charge in [-0.1, -0.05) is 18.2 Å². The highest BCUT2D eigenvalue weighted by Crippen LogP contribution is 2.01. The highest BCUT2D eigenvalue weighted by atomic mass is 16.5. The van der Waals surface area contributed by atoms with Crippen LogP contribution in [0.5, 0.6) is 0 Å². The van der Waals surface area contributed by atoms with Crippen LogP contribution in [0, 0.1) is 0 Å². The van der Waals surface area contributed by atoms with Gasteiger partial charge < -0.3 is 4.74 Å². The van der Waals surface area contributed by atoms with Crippen LogP contribution in [-0.2, 0) is 9.53 Å². The molecule has 0 fully saturated rings. The van der Waals surface area contributed by atoms with Gasteiger partial charge >= 0.3 is 5.97 Å². The van der Waals surface area contributed by atoms with Crippen LogP contribution in [0.3, 0.4) is 0 Å². The summed E-state index contributed by atoms with van der Waals surface area (Å²) >= 11 is 0. The zero-order chi connectivity index (χ0) is 10.6. The van der Waals surface area contributed by atoms with Gasteiger partial charge in [-0.15, -0.1) is 0 Å². The minimum Gasteiger partial charge on any atom is -0.463 e. The van der Waals surface area contributed by atoms with E-state index in [1.54, 1.807) is 0 Å². The average Bonchev–Trinajstić information content (AvgIpc) is 2.17. The summed E-state index contributed by atoms with van der Waals surface area (Å²) in [6.07, 6.45) is 12.0. The molecule has 2 heteroatoms. The maximum absolute atomic E-state index is 10.9. The van der Waals surface area contributed by atoms with Gasteiger partial charge in [0.1, 0.15) is 0 Å². The molecule has 0 aromatic carbocycles. The lowest BCUT2D eigenvalue weighted by molar-refractivity contribution is -0.137. The Morgan fingerprint density at radius 3 is 2.43 bits per heavy atom. The molecular weight excluding hydrogens is 176 g/mol. The van der Waals surface area contributed by atoms with E-state index >= 15 is 0 Å². The molecule has 0 radical (unpaired) electrons. The normalized spacial score (nSPS) is 11.3. The van der Waals surface area contributed by atoms with E-state index in [9.17, 15) is 4.79 Å². The first-order valence-corrected chi connectivity index (χ1v) is 5.25. The van der Waals surface area contributed by atoms with Gasteiger partial charge in [-0.05, 0) is 39.5 Å². The molecule has 0 bridgehead atoms. The van der Waals surface area contributed by atoms with E-state index < -0.39 is 0 Å². The first-order valence-electron chi connectivity index (χ1n) is 5.25. The van der Waals surface area contributed by atoms with Gasteiger partial charge in [0.25, 0.3) is 0 Å². The van der Waals surface area contributed by atoms with Crippen LogP contribution < -0.4 is 0 Å². The van der Waals surface area contributed by atoms with Gasteiger partial charge in [-0.25, -0.2) is 4.79 Å². The molecule has 80 valence electrons. The van der Waals surface area contributed by atoms with Gasteiger partial charge in [0.05, 0.1) is 6.61 Å². The summed E-state index contributed by atoms with van der Waals surface area (Å²) < 4.78 is 4.75. The summed E-state index contributed by atoms with van der Waals surface area (Å²) in [4.78, 5) is 10.9. The number of rotatable bonds is 7. The highest BCUT2D eigenvalue weighted by molar-refractivity contribution is 5.81. The maximum Gasteiger partial charge on any atom is 0.330 e. The van der Waals surface area contributed by atoms with E-state index in [0.29, 0.717) is 6.61 Å². The van der Waals surface area contributed by atoms with Crippen LogP contribution in [0.25, 0.3) is 0 Å². The molecule has 0 spiro atoms. The fourth-order valence-corrected chi connectivity index (χ4v) is 1.06. The predicted octanol–water partition coefficient (Wildman–Crippen LogP) is 3.24. The Morgan fingerprint density at radius 2 is 1.86 bits per heavy atom. The number of hydrogen-bond donors (Lipinski definition) is 0. The molecule has 0 N–H and O–H groups in total. The number of allylic oxidation sites excluding steroid dienone is 3. The van der Waals surface area contributed by atoms with Gasteiger partial charge in [0, 0.05) is 6.08 Å². The van der Waals surface area contributed by atoms with Crippen molar-refractivity contribution in [1.82, 2.24) is 0 Å². The van der Waals surface area contributed by atoms with E-state index in [0.717, 1.165) is 19.3 Å². The lowest BCUT2D eigenvalue weighted by Crippen LogP contribution is -1.98. The SMILES string of the molecule is CC=CCCCCC=CC(=O)OCC. The standard InChI is InChI=1S/C12H20O2/c1-3-5-6-7-8-9-10-11-12(13)14-4-2/h3,5,10-11H,4,6-9H2,1-2H3. The van der Waals surface area contributed by atoms with Crippen molar-refractivity contribution in [2.75, 3.05) is 6.61 Å². The monoisotopic (exact) mass is 196 g/mol. The molecule has 0 aliphatic heterocycles. The Bertz CT molecular complexity index is 192. The summed E-state index contributed by atoms with van der Waals surface area (Å²) in [6.45, 7) is 4.29. The second-order valence-corrected chi connectivity index (χ2v) is 3.01. The molecule has 2 nitrogen and oxygen atoms in total. The van der Waals surface area contributed by atoms with E-state index in [4.69, 9.17) is 4.74 Å². The topological polar surface area (TPSA) is 26.3 Å². The second-order valence-electron chi connectivity index (χ2n) is 3.01. The average molecular weight is 196 g/mol. The molecule has 0 saturated heterocycles. The number of carbonyl (C=O) groups is 1. The predicted molar refractivity (Wildman–Crippen MR) is 59.1 cm³/mol. The van der Waals surface area contributed by atoms with Gasteiger partial charge in [0.2, 0.25) is 0 Å². The maximum atomic E-state index is 10.9. The van der Waals surface area contributed by atoms with Crippen LogP contribution in [0.4, 0.5) is 0 Å². The van der Waals surface area contributed by atoms with E-state index in [1.165, 1.54) is 12.5 Å². The number of ether oxygens (including phenoxy) is 1. The molecule has 0 unspecified atom stereocenters. The number of carbonyl (C=O) groups excluding carboxylic acids is 1. The van der Waals surface area contributed by atoms with Crippen molar-refractivity contribution in [3.63, 3.8) is 0 Å². The number of unbranched alkanes of at least 4 members (excludes halogenated alkanes) is 3. The molecule has 0 rings (SSSR count). The highest BCUT2D eigenvalue weighted by Gasteiger charge is 1.91. The number of esters is 1. The van der Waals surface area contributed by atoms with Crippen molar-refractivity contribution in [2.45, 2.75) is 39.5 Å². The minimum absolute atomic E-state index is 0.235. The molecule has 0 atom stereocenters. The zero-order valence-corrected chi connectivity index (χ0v) is 9.16. The Hall–Kier alpha value is -1.05. The summed E-state index contributed by atoms with van der Waals surface area (Å²) in [5, 5.41) is 0. The molecule has 0 heterocycles. The smallest absolute Gasteiger partial charge is 0.330 e. The zero-order valence-electron chi connectivity index (χ0n) is 9.16. The summed E-state index contributed by atoms with van der Waals surface area (Å²) in [6, 6.07) is 0. The third-order valence-electron chi connectivity index (χ3n) is 1.77. The largest absolute Gasteiger partial charge is 0.463 e. The second kappa shape index (κ2) is 10.0. The molecule has 0 aliphatic rings. The Balaban J connectivity index is 3.30. The molecular formula is C12H20O2. The Morgan fingerprint density at radius 1 is 1.21 bits per heavy atom.